The number of carbonyl (C=O) groups excluding carboxylic acids is 1. The van der Waals surface area contributed by atoms with Gasteiger partial charge in [-0.15, -0.1) is 0 Å². The quantitative estimate of drug-likeness (QED) is 0.364. The third kappa shape index (κ3) is 3.84. The summed E-state index contributed by atoms with van der Waals surface area (Å²) in [5.41, 5.74) is 3.43. The second-order valence-corrected chi connectivity index (χ2v) is 10.5. The van der Waals surface area contributed by atoms with Crippen LogP contribution in [0.5, 0.6) is 0 Å². The minimum atomic E-state index is -0.537. The molecule has 2 fully saturated rings. The zero-order chi connectivity index (χ0) is 24.2. The molecule has 1 saturated heterocycles. The topological polar surface area (TPSA) is 37.3 Å². The van der Waals surface area contributed by atoms with E-state index < -0.39 is 5.41 Å². The first-order chi connectivity index (χ1) is 16.9. The molecule has 0 radical (unpaired) electrons. The van der Waals surface area contributed by atoms with Crippen molar-refractivity contribution in [2.24, 2.45) is 11.3 Å². The third-order valence-electron chi connectivity index (χ3n) is 7.66. The minimum absolute atomic E-state index is 0.0116. The molecule has 178 valence electrons. The lowest BCUT2D eigenvalue weighted by atomic mass is 9.82. The molecule has 1 aromatic heterocycles. The molecule has 0 bridgehead atoms. The van der Waals surface area contributed by atoms with Crippen LogP contribution < -0.4 is 10.2 Å². The van der Waals surface area contributed by atoms with Crippen molar-refractivity contribution >= 4 is 22.5 Å². The number of nitrogens with zero attached hydrogens (tertiary/aromatic N) is 2. The van der Waals surface area contributed by atoms with Crippen molar-refractivity contribution in [2.45, 2.75) is 38.8 Å². The Bertz CT molecular complexity index is 1370. The van der Waals surface area contributed by atoms with E-state index in [2.05, 4.69) is 43.4 Å². The number of benzene rings is 3. The monoisotopic (exact) mass is 467 g/mol. The maximum absolute atomic E-state index is 13.9. The molecule has 1 aliphatic heterocycles. The van der Waals surface area contributed by atoms with E-state index >= 15 is 0 Å². The van der Waals surface area contributed by atoms with E-state index in [1.54, 1.807) is 12.1 Å². The molecule has 6 rings (SSSR count). The second-order valence-electron chi connectivity index (χ2n) is 10.5. The van der Waals surface area contributed by atoms with Crippen molar-refractivity contribution in [1.82, 2.24) is 9.88 Å². The standard InChI is InChI=1S/C30H30FN3O/c1-30(2)28(32-19-20-8-9-20)27(21-6-4-3-5-7-21)34(29(30)35)25-14-15-26-22(18-25)16-17-33(26)24-12-10-23(31)11-13-24/h3-7,10-18,20,27-28,32H,8-9,19H2,1-2H3/t27-,28-/m1/s1. The van der Waals surface area contributed by atoms with Gasteiger partial charge in [0.1, 0.15) is 5.82 Å². The van der Waals surface area contributed by atoms with Gasteiger partial charge >= 0.3 is 0 Å². The second kappa shape index (κ2) is 8.35. The van der Waals surface area contributed by atoms with Gasteiger partial charge in [-0.25, -0.2) is 4.39 Å². The van der Waals surface area contributed by atoms with Gasteiger partial charge in [-0.2, -0.15) is 0 Å². The minimum Gasteiger partial charge on any atom is -0.317 e. The SMILES string of the molecule is CC1(C)C(=O)N(c2ccc3c(ccn3-c3ccc(F)cc3)c2)[C@H](c2ccccc2)[C@H]1NCC1CC1. The highest BCUT2D eigenvalue weighted by Gasteiger charge is 2.54. The lowest BCUT2D eigenvalue weighted by molar-refractivity contribution is -0.124. The number of halogens is 1. The fourth-order valence-electron chi connectivity index (χ4n) is 5.47. The summed E-state index contributed by atoms with van der Waals surface area (Å²) in [6.45, 7) is 5.09. The number of fused-ring (bicyclic) bond motifs is 1. The summed E-state index contributed by atoms with van der Waals surface area (Å²) in [6.07, 6.45) is 4.54. The highest BCUT2D eigenvalue weighted by atomic mass is 19.1. The molecule has 2 heterocycles. The first-order valence-electron chi connectivity index (χ1n) is 12.4. The highest BCUT2D eigenvalue weighted by Crippen LogP contribution is 2.47. The van der Waals surface area contributed by atoms with Crippen LogP contribution in [0, 0.1) is 17.2 Å². The zero-order valence-electron chi connectivity index (χ0n) is 20.1. The highest BCUT2D eigenvalue weighted by molar-refractivity contribution is 6.03. The molecule has 2 aliphatic rings. The number of aromatic nitrogens is 1. The molecule has 3 aromatic carbocycles. The van der Waals surface area contributed by atoms with Crippen LogP contribution in [0.25, 0.3) is 16.6 Å². The summed E-state index contributed by atoms with van der Waals surface area (Å²) in [5.74, 6) is 0.616. The van der Waals surface area contributed by atoms with Gasteiger partial charge in [-0.3, -0.25) is 4.79 Å². The van der Waals surface area contributed by atoms with Crippen molar-refractivity contribution in [3.8, 4) is 5.69 Å². The van der Waals surface area contributed by atoms with Crippen LogP contribution in [0.2, 0.25) is 0 Å². The summed E-state index contributed by atoms with van der Waals surface area (Å²) in [6, 6.07) is 25.0. The number of anilines is 1. The lowest BCUT2D eigenvalue weighted by Crippen LogP contribution is -2.44. The predicted octanol–water partition coefficient (Wildman–Crippen LogP) is 6.25. The van der Waals surface area contributed by atoms with Gasteiger partial charge in [0.05, 0.1) is 17.0 Å². The van der Waals surface area contributed by atoms with Gasteiger partial charge in [-0.05, 0) is 93.2 Å². The van der Waals surface area contributed by atoms with Gasteiger partial charge < -0.3 is 14.8 Å². The van der Waals surface area contributed by atoms with Gasteiger partial charge in [0, 0.05) is 29.0 Å². The first-order valence-corrected chi connectivity index (χ1v) is 12.4. The van der Waals surface area contributed by atoms with E-state index in [9.17, 15) is 9.18 Å². The molecule has 0 spiro atoms. The fourth-order valence-corrected chi connectivity index (χ4v) is 5.47. The average Bonchev–Trinajstić information content (AvgIpc) is 3.56. The Balaban J connectivity index is 1.42. The summed E-state index contributed by atoms with van der Waals surface area (Å²) >= 11 is 0. The zero-order valence-corrected chi connectivity index (χ0v) is 20.1. The van der Waals surface area contributed by atoms with E-state index in [-0.39, 0.29) is 23.8 Å². The van der Waals surface area contributed by atoms with E-state index in [0.717, 1.165) is 40.3 Å². The molecule has 1 N–H and O–H groups in total. The van der Waals surface area contributed by atoms with Gasteiger partial charge in [0.25, 0.3) is 0 Å². The van der Waals surface area contributed by atoms with Crippen LogP contribution in [0.15, 0.2) is 85.1 Å². The van der Waals surface area contributed by atoms with Gasteiger partial charge in [-0.1, -0.05) is 30.3 Å². The number of hydrogen-bond acceptors (Lipinski definition) is 2. The summed E-state index contributed by atoms with van der Waals surface area (Å²) < 4.78 is 15.5. The number of amides is 1. The fraction of sp³-hybridized carbons (Fsp3) is 0.300. The average molecular weight is 468 g/mol. The normalized spacial score (nSPS) is 21.7. The summed E-state index contributed by atoms with van der Waals surface area (Å²) in [4.78, 5) is 15.9. The van der Waals surface area contributed by atoms with E-state index in [1.807, 2.05) is 46.0 Å². The number of rotatable bonds is 6. The van der Waals surface area contributed by atoms with E-state index in [0.29, 0.717) is 0 Å². The van der Waals surface area contributed by atoms with Crippen molar-refractivity contribution in [3.63, 3.8) is 0 Å². The Morgan fingerprint density at radius 3 is 2.37 bits per heavy atom. The van der Waals surface area contributed by atoms with Gasteiger partial charge in [0.2, 0.25) is 5.91 Å². The van der Waals surface area contributed by atoms with Crippen molar-refractivity contribution in [2.75, 3.05) is 11.4 Å². The van der Waals surface area contributed by atoms with Crippen LogP contribution >= 0.6 is 0 Å². The molecule has 35 heavy (non-hydrogen) atoms. The summed E-state index contributed by atoms with van der Waals surface area (Å²) in [7, 11) is 0. The largest absolute Gasteiger partial charge is 0.317 e. The molecule has 1 saturated carbocycles. The van der Waals surface area contributed by atoms with Gasteiger partial charge in [0.15, 0.2) is 0 Å². The van der Waals surface area contributed by atoms with Crippen LogP contribution in [0.4, 0.5) is 10.1 Å². The van der Waals surface area contributed by atoms with Crippen molar-refractivity contribution in [3.05, 3.63) is 96.4 Å². The van der Waals surface area contributed by atoms with E-state index in [1.165, 1.54) is 25.0 Å². The van der Waals surface area contributed by atoms with E-state index in [4.69, 9.17) is 0 Å². The van der Waals surface area contributed by atoms with Crippen LogP contribution in [0.3, 0.4) is 0 Å². The predicted molar refractivity (Wildman–Crippen MR) is 138 cm³/mol. The number of hydrogen-bond donors (Lipinski definition) is 1. The van der Waals surface area contributed by atoms with Crippen LogP contribution in [-0.2, 0) is 4.79 Å². The maximum atomic E-state index is 13.9. The number of carbonyl (C=O) groups is 1. The molecular weight excluding hydrogens is 437 g/mol. The molecule has 4 nitrogen and oxygen atoms in total. The lowest BCUT2D eigenvalue weighted by Gasteiger charge is -2.31. The van der Waals surface area contributed by atoms with Crippen LogP contribution in [0.1, 0.15) is 38.3 Å². The first kappa shape index (κ1) is 22.1. The molecule has 4 aromatic rings. The Morgan fingerprint density at radius 2 is 1.66 bits per heavy atom. The Labute approximate surface area is 205 Å². The maximum Gasteiger partial charge on any atom is 0.234 e. The molecule has 1 aliphatic carbocycles. The molecule has 2 atom stereocenters. The molecular formula is C30H30FN3O. The molecule has 0 unspecified atom stereocenters. The van der Waals surface area contributed by atoms with Crippen LogP contribution in [-0.4, -0.2) is 23.1 Å². The smallest absolute Gasteiger partial charge is 0.234 e. The van der Waals surface area contributed by atoms with Crippen molar-refractivity contribution in [1.29, 1.82) is 0 Å². The number of nitrogens with one attached hydrogen (secondary N) is 1. The summed E-state index contributed by atoms with van der Waals surface area (Å²) in [5, 5.41) is 4.82. The Hall–Kier alpha value is -3.44. The molecule has 1 amide bonds. The van der Waals surface area contributed by atoms with Crippen molar-refractivity contribution < 1.29 is 9.18 Å². The Kier molecular flexibility index (Phi) is 5.26. The molecule has 5 heteroatoms. The Morgan fingerprint density at radius 1 is 0.943 bits per heavy atom. The third-order valence-corrected chi connectivity index (χ3v) is 7.66.